The molecule has 0 fully saturated rings. The number of methoxy groups -OCH3 is 1. The van der Waals surface area contributed by atoms with Gasteiger partial charge in [0.2, 0.25) is 0 Å². The molecule has 5 heteroatoms. The van der Waals surface area contributed by atoms with Crippen LogP contribution in [-0.4, -0.2) is 36.9 Å². The molecule has 0 saturated carbocycles. The van der Waals surface area contributed by atoms with E-state index in [4.69, 9.17) is 9.47 Å². The molecule has 0 heterocycles. The van der Waals surface area contributed by atoms with Crippen molar-refractivity contribution in [2.75, 3.05) is 20.3 Å². The predicted octanol–water partition coefficient (Wildman–Crippen LogP) is 1.92. The van der Waals surface area contributed by atoms with Crippen molar-refractivity contribution in [3.63, 3.8) is 0 Å². The van der Waals surface area contributed by atoms with E-state index in [1.54, 1.807) is 38.3 Å². The average Bonchev–Trinajstić information content (AvgIpc) is 2.43. The van der Waals surface area contributed by atoms with E-state index >= 15 is 0 Å². The summed E-state index contributed by atoms with van der Waals surface area (Å²) in [5.74, 6) is 0.338. The molecule has 0 spiro atoms. The number of benzene rings is 1. The predicted molar refractivity (Wildman–Crippen MR) is 72.8 cm³/mol. The zero-order valence-electron chi connectivity index (χ0n) is 11.6. The molecule has 0 aromatic heterocycles. The lowest BCUT2D eigenvalue weighted by Crippen LogP contribution is -2.54. The minimum atomic E-state index is -1.10. The summed E-state index contributed by atoms with van der Waals surface area (Å²) in [6.45, 7) is 4.28. The zero-order chi connectivity index (χ0) is 14.3. The molecule has 1 aromatic carbocycles. The highest BCUT2D eigenvalue weighted by Gasteiger charge is 2.33. The molecule has 19 heavy (non-hydrogen) atoms. The second-order valence-corrected chi connectivity index (χ2v) is 4.53. The molecule has 0 aliphatic heterocycles. The summed E-state index contributed by atoms with van der Waals surface area (Å²) < 4.78 is 10.6. The highest BCUT2D eigenvalue weighted by atomic mass is 16.5. The third kappa shape index (κ3) is 4.44. The van der Waals surface area contributed by atoms with Crippen molar-refractivity contribution in [2.45, 2.75) is 25.8 Å². The molecule has 2 N–H and O–H groups in total. The van der Waals surface area contributed by atoms with E-state index in [0.29, 0.717) is 18.0 Å². The van der Waals surface area contributed by atoms with Crippen LogP contribution in [0.25, 0.3) is 0 Å². The second kappa shape index (κ2) is 6.99. The smallest absolute Gasteiger partial charge is 0.327 e. The lowest BCUT2D eigenvalue weighted by molar-refractivity contribution is -0.145. The van der Waals surface area contributed by atoms with Crippen LogP contribution in [0.4, 0.5) is 0 Å². The molecule has 5 nitrogen and oxygen atoms in total. The van der Waals surface area contributed by atoms with Crippen molar-refractivity contribution in [1.82, 2.24) is 5.32 Å². The summed E-state index contributed by atoms with van der Waals surface area (Å²) in [5, 5.41) is 12.3. The van der Waals surface area contributed by atoms with Gasteiger partial charge < -0.3 is 14.6 Å². The number of rotatable bonds is 8. The van der Waals surface area contributed by atoms with E-state index in [9.17, 15) is 9.90 Å². The SMILES string of the molecule is CCCNC(C)(COc1cccc(OC)c1)C(=O)O. The van der Waals surface area contributed by atoms with E-state index in [1.807, 2.05) is 6.92 Å². The van der Waals surface area contributed by atoms with Crippen LogP contribution in [-0.2, 0) is 4.79 Å². The minimum absolute atomic E-state index is 0.0511. The standard InChI is InChI=1S/C14H21NO4/c1-4-8-15-14(2,13(16)17)10-19-12-7-5-6-11(9-12)18-3/h5-7,9,15H,4,8,10H2,1-3H3,(H,16,17). The number of hydrogen-bond acceptors (Lipinski definition) is 4. The van der Waals surface area contributed by atoms with E-state index < -0.39 is 11.5 Å². The first-order valence-electron chi connectivity index (χ1n) is 6.27. The Hall–Kier alpha value is -1.75. The Labute approximate surface area is 113 Å². The van der Waals surface area contributed by atoms with Gasteiger partial charge >= 0.3 is 5.97 Å². The fourth-order valence-corrected chi connectivity index (χ4v) is 1.51. The van der Waals surface area contributed by atoms with Gasteiger partial charge in [0.1, 0.15) is 23.6 Å². The Morgan fingerprint density at radius 1 is 1.42 bits per heavy atom. The molecule has 0 aliphatic rings. The van der Waals surface area contributed by atoms with Crippen LogP contribution < -0.4 is 14.8 Å². The van der Waals surface area contributed by atoms with Gasteiger partial charge in [0.05, 0.1) is 7.11 Å². The van der Waals surface area contributed by atoms with Gasteiger partial charge in [0, 0.05) is 6.07 Å². The molecular weight excluding hydrogens is 246 g/mol. The molecule has 1 rings (SSSR count). The van der Waals surface area contributed by atoms with Gasteiger partial charge in [-0.2, -0.15) is 0 Å². The van der Waals surface area contributed by atoms with Crippen molar-refractivity contribution >= 4 is 5.97 Å². The van der Waals surface area contributed by atoms with Crippen molar-refractivity contribution in [1.29, 1.82) is 0 Å². The van der Waals surface area contributed by atoms with Crippen molar-refractivity contribution in [3.05, 3.63) is 24.3 Å². The molecule has 0 bridgehead atoms. The van der Waals surface area contributed by atoms with Crippen LogP contribution >= 0.6 is 0 Å². The lowest BCUT2D eigenvalue weighted by atomic mass is 10.0. The molecule has 1 unspecified atom stereocenters. The normalized spacial score (nSPS) is 13.6. The lowest BCUT2D eigenvalue weighted by Gasteiger charge is -2.26. The van der Waals surface area contributed by atoms with E-state index in [0.717, 1.165) is 6.42 Å². The summed E-state index contributed by atoms with van der Waals surface area (Å²) >= 11 is 0. The van der Waals surface area contributed by atoms with Crippen LogP contribution in [0.3, 0.4) is 0 Å². The fourth-order valence-electron chi connectivity index (χ4n) is 1.51. The average molecular weight is 267 g/mol. The van der Waals surface area contributed by atoms with Crippen molar-refractivity contribution < 1.29 is 19.4 Å². The zero-order valence-corrected chi connectivity index (χ0v) is 11.6. The maximum Gasteiger partial charge on any atom is 0.327 e. The van der Waals surface area contributed by atoms with Crippen LogP contribution in [0.15, 0.2) is 24.3 Å². The van der Waals surface area contributed by atoms with Crippen LogP contribution in [0.2, 0.25) is 0 Å². The first-order valence-corrected chi connectivity index (χ1v) is 6.27. The molecular formula is C14H21NO4. The molecule has 0 aliphatic carbocycles. The molecule has 0 amide bonds. The molecule has 0 saturated heterocycles. The monoisotopic (exact) mass is 267 g/mol. The summed E-state index contributed by atoms with van der Waals surface area (Å²) in [7, 11) is 1.57. The van der Waals surface area contributed by atoms with Gasteiger partial charge in [-0.15, -0.1) is 0 Å². The number of carbonyl (C=O) groups is 1. The third-order valence-corrected chi connectivity index (χ3v) is 2.81. The van der Waals surface area contributed by atoms with Gasteiger partial charge in [0.25, 0.3) is 0 Å². The Balaban J connectivity index is 2.67. The molecule has 1 aromatic rings. The van der Waals surface area contributed by atoms with Gasteiger partial charge in [-0.3, -0.25) is 10.1 Å². The number of ether oxygens (including phenoxy) is 2. The minimum Gasteiger partial charge on any atom is -0.497 e. The highest BCUT2D eigenvalue weighted by molar-refractivity contribution is 5.78. The maximum atomic E-state index is 11.3. The Kier molecular flexibility index (Phi) is 5.63. The first-order chi connectivity index (χ1) is 9.01. The van der Waals surface area contributed by atoms with E-state index in [-0.39, 0.29) is 6.61 Å². The summed E-state index contributed by atoms with van der Waals surface area (Å²) in [4.78, 5) is 11.3. The largest absolute Gasteiger partial charge is 0.497 e. The van der Waals surface area contributed by atoms with Crippen LogP contribution in [0, 0.1) is 0 Å². The van der Waals surface area contributed by atoms with E-state index in [2.05, 4.69) is 5.32 Å². The van der Waals surface area contributed by atoms with Gasteiger partial charge in [-0.25, -0.2) is 0 Å². The van der Waals surface area contributed by atoms with Crippen LogP contribution in [0.1, 0.15) is 20.3 Å². The number of carboxylic acid groups (broad SMARTS) is 1. The number of hydrogen-bond donors (Lipinski definition) is 2. The highest BCUT2D eigenvalue weighted by Crippen LogP contribution is 2.20. The second-order valence-electron chi connectivity index (χ2n) is 4.53. The fraction of sp³-hybridized carbons (Fsp3) is 0.500. The number of carboxylic acids is 1. The third-order valence-electron chi connectivity index (χ3n) is 2.81. The summed E-state index contributed by atoms with van der Waals surface area (Å²) in [5.41, 5.74) is -1.10. The molecule has 0 radical (unpaired) electrons. The number of nitrogens with one attached hydrogen (secondary N) is 1. The van der Waals surface area contributed by atoms with Gasteiger partial charge in [-0.05, 0) is 32.0 Å². The molecule has 106 valence electrons. The van der Waals surface area contributed by atoms with Crippen molar-refractivity contribution in [2.24, 2.45) is 0 Å². The van der Waals surface area contributed by atoms with E-state index in [1.165, 1.54) is 0 Å². The topological polar surface area (TPSA) is 67.8 Å². The summed E-state index contributed by atoms with van der Waals surface area (Å²) in [6, 6.07) is 7.09. The van der Waals surface area contributed by atoms with Gasteiger partial charge in [0.15, 0.2) is 0 Å². The first kappa shape index (κ1) is 15.3. The Morgan fingerprint density at radius 3 is 2.68 bits per heavy atom. The maximum absolute atomic E-state index is 11.3. The quantitative estimate of drug-likeness (QED) is 0.753. The van der Waals surface area contributed by atoms with Crippen LogP contribution in [0.5, 0.6) is 11.5 Å². The Morgan fingerprint density at radius 2 is 2.11 bits per heavy atom. The molecule has 1 atom stereocenters. The summed E-state index contributed by atoms with van der Waals surface area (Å²) in [6.07, 6.45) is 0.863. The van der Waals surface area contributed by atoms with Crippen molar-refractivity contribution in [3.8, 4) is 11.5 Å². The number of aliphatic carboxylic acids is 1. The van der Waals surface area contributed by atoms with Gasteiger partial charge in [-0.1, -0.05) is 13.0 Å². The Bertz CT molecular complexity index is 422.